The van der Waals surface area contributed by atoms with Crippen LogP contribution in [0, 0.1) is 17.8 Å². The Morgan fingerprint density at radius 1 is 1.40 bits per heavy atom. The van der Waals surface area contributed by atoms with Crippen molar-refractivity contribution in [2.45, 2.75) is 32.3 Å². The highest BCUT2D eigenvalue weighted by atomic mass is 16.5. The van der Waals surface area contributed by atoms with E-state index in [4.69, 9.17) is 14.4 Å². The third-order valence-corrected chi connectivity index (χ3v) is 4.62. The third-order valence-electron chi connectivity index (χ3n) is 4.62. The zero-order chi connectivity index (χ0) is 13.9. The van der Waals surface area contributed by atoms with E-state index < -0.39 is 0 Å². The van der Waals surface area contributed by atoms with Crippen LogP contribution < -0.4 is 4.90 Å². The molecule has 2 aliphatic rings. The highest BCUT2D eigenvalue weighted by molar-refractivity contribution is 5.25. The minimum absolute atomic E-state index is 0.338. The molecule has 0 aromatic carbocycles. The number of hydrogen-bond donors (Lipinski definition) is 1. The molecule has 1 aromatic rings. The standard InChI is InChI=1S/C14H23N3O3/c1-19-9-13-15-14(20-16-13)17-5-2-10(3-6-17)12-8-11(12)4-7-18/h10-12,18H,2-9H2,1H3/t11?,12-/m1/s1. The molecule has 2 atom stereocenters. The predicted molar refractivity (Wildman–Crippen MR) is 73.2 cm³/mol. The fraction of sp³-hybridized carbons (Fsp3) is 0.857. The Hall–Kier alpha value is -1.14. The van der Waals surface area contributed by atoms with Gasteiger partial charge in [0.1, 0.15) is 6.61 Å². The average Bonchev–Trinajstić information content (AvgIpc) is 3.08. The molecule has 6 nitrogen and oxygen atoms in total. The van der Waals surface area contributed by atoms with E-state index in [1.807, 2.05) is 0 Å². The molecule has 112 valence electrons. The minimum atomic E-state index is 0.338. The summed E-state index contributed by atoms with van der Waals surface area (Å²) in [5.74, 6) is 3.03. The van der Waals surface area contributed by atoms with Gasteiger partial charge in [0.05, 0.1) is 0 Å². The summed E-state index contributed by atoms with van der Waals surface area (Å²) in [6, 6.07) is 0.623. The first-order valence-corrected chi connectivity index (χ1v) is 7.49. The summed E-state index contributed by atoms with van der Waals surface area (Å²) in [5.41, 5.74) is 0. The molecule has 0 radical (unpaired) electrons. The topological polar surface area (TPSA) is 71.6 Å². The van der Waals surface area contributed by atoms with Crippen molar-refractivity contribution in [3.8, 4) is 0 Å². The maximum absolute atomic E-state index is 8.98. The van der Waals surface area contributed by atoms with Crippen molar-refractivity contribution < 1.29 is 14.4 Å². The van der Waals surface area contributed by atoms with Gasteiger partial charge in [-0.1, -0.05) is 5.16 Å². The molecule has 0 amide bonds. The van der Waals surface area contributed by atoms with E-state index in [1.165, 1.54) is 19.3 Å². The molecule has 1 aliphatic carbocycles. The highest BCUT2D eigenvalue weighted by Gasteiger charge is 2.43. The smallest absolute Gasteiger partial charge is 0.324 e. The van der Waals surface area contributed by atoms with Crippen LogP contribution in [-0.2, 0) is 11.3 Å². The summed E-state index contributed by atoms with van der Waals surface area (Å²) < 4.78 is 10.3. The molecule has 20 heavy (non-hydrogen) atoms. The summed E-state index contributed by atoms with van der Waals surface area (Å²) in [6.07, 6.45) is 4.67. The fourth-order valence-corrected chi connectivity index (χ4v) is 3.43. The summed E-state index contributed by atoms with van der Waals surface area (Å²) >= 11 is 0. The van der Waals surface area contributed by atoms with Crippen molar-refractivity contribution in [2.75, 3.05) is 31.7 Å². The highest BCUT2D eigenvalue weighted by Crippen LogP contribution is 2.49. The second-order valence-electron chi connectivity index (χ2n) is 5.92. The van der Waals surface area contributed by atoms with Crippen molar-refractivity contribution in [3.05, 3.63) is 5.82 Å². The monoisotopic (exact) mass is 281 g/mol. The third kappa shape index (κ3) is 2.96. The molecule has 2 fully saturated rings. The Balaban J connectivity index is 1.48. The van der Waals surface area contributed by atoms with Crippen LogP contribution in [0.4, 0.5) is 6.01 Å². The number of aliphatic hydroxyl groups is 1. The zero-order valence-electron chi connectivity index (χ0n) is 12.0. The second kappa shape index (κ2) is 6.10. The quantitative estimate of drug-likeness (QED) is 0.851. The van der Waals surface area contributed by atoms with Crippen molar-refractivity contribution in [2.24, 2.45) is 17.8 Å². The van der Waals surface area contributed by atoms with E-state index >= 15 is 0 Å². The van der Waals surface area contributed by atoms with Crippen molar-refractivity contribution >= 4 is 6.01 Å². The molecular formula is C14H23N3O3. The van der Waals surface area contributed by atoms with Gasteiger partial charge >= 0.3 is 6.01 Å². The SMILES string of the molecule is COCc1noc(N2CCC([C@H]3CC3CCO)CC2)n1. The molecule has 1 aromatic heterocycles. The van der Waals surface area contributed by atoms with E-state index in [2.05, 4.69) is 15.0 Å². The number of hydrogen-bond acceptors (Lipinski definition) is 6. The average molecular weight is 281 g/mol. The van der Waals surface area contributed by atoms with Crippen LogP contribution in [0.1, 0.15) is 31.5 Å². The van der Waals surface area contributed by atoms with Crippen molar-refractivity contribution in [1.29, 1.82) is 0 Å². The molecule has 1 aliphatic heterocycles. The van der Waals surface area contributed by atoms with E-state index in [0.29, 0.717) is 25.1 Å². The van der Waals surface area contributed by atoms with Crippen LogP contribution in [0.2, 0.25) is 0 Å². The largest absolute Gasteiger partial charge is 0.396 e. The van der Waals surface area contributed by atoms with Crippen LogP contribution in [0.5, 0.6) is 0 Å². The lowest BCUT2D eigenvalue weighted by Crippen LogP contribution is -2.34. The van der Waals surface area contributed by atoms with Gasteiger partial charge in [0, 0.05) is 26.8 Å². The lowest BCUT2D eigenvalue weighted by atomic mass is 9.91. The van der Waals surface area contributed by atoms with Crippen molar-refractivity contribution in [1.82, 2.24) is 10.1 Å². The number of aromatic nitrogens is 2. The van der Waals surface area contributed by atoms with Gasteiger partial charge in [-0.05, 0) is 43.4 Å². The Labute approximate surface area is 119 Å². The van der Waals surface area contributed by atoms with Crippen LogP contribution in [0.15, 0.2) is 4.52 Å². The number of ether oxygens (including phenoxy) is 1. The normalized spacial score (nSPS) is 27.0. The number of rotatable bonds is 6. The molecule has 3 rings (SSSR count). The maximum atomic E-state index is 8.98. The molecule has 0 bridgehead atoms. The van der Waals surface area contributed by atoms with Crippen LogP contribution >= 0.6 is 0 Å². The molecule has 1 N–H and O–H groups in total. The van der Waals surface area contributed by atoms with Crippen LogP contribution in [-0.4, -0.2) is 42.1 Å². The first-order valence-electron chi connectivity index (χ1n) is 7.49. The van der Waals surface area contributed by atoms with Gasteiger partial charge in [-0.15, -0.1) is 0 Å². The molecule has 2 heterocycles. The number of anilines is 1. The Bertz CT molecular complexity index is 429. The van der Waals surface area contributed by atoms with E-state index in [-0.39, 0.29) is 0 Å². The Kier molecular flexibility index (Phi) is 4.21. The van der Waals surface area contributed by atoms with Gasteiger partial charge in [-0.25, -0.2) is 0 Å². The van der Waals surface area contributed by atoms with Crippen LogP contribution in [0.25, 0.3) is 0 Å². The van der Waals surface area contributed by atoms with Gasteiger partial charge in [-0.2, -0.15) is 4.98 Å². The molecule has 1 unspecified atom stereocenters. The number of methoxy groups -OCH3 is 1. The van der Waals surface area contributed by atoms with Gasteiger partial charge in [-0.3, -0.25) is 0 Å². The van der Waals surface area contributed by atoms with Crippen LogP contribution in [0.3, 0.4) is 0 Å². The van der Waals surface area contributed by atoms with Crippen molar-refractivity contribution in [3.63, 3.8) is 0 Å². The second-order valence-corrected chi connectivity index (χ2v) is 5.92. The van der Waals surface area contributed by atoms with E-state index in [1.54, 1.807) is 7.11 Å². The van der Waals surface area contributed by atoms with Gasteiger partial charge in [0.25, 0.3) is 0 Å². The van der Waals surface area contributed by atoms with Gasteiger partial charge in [0.2, 0.25) is 0 Å². The molecule has 1 saturated heterocycles. The fourth-order valence-electron chi connectivity index (χ4n) is 3.43. The number of piperidine rings is 1. The zero-order valence-corrected chi connectivity index (χ0v) is 12.0. The molecule has 0 spiro atoms. The maximum Gasteiger partial charge on any atom is 0.324 e. The van der Waals surface area contributed by atoms with E-state index in [9.17, 15) is 0 Å². The van der Waals surface area contributed by atoms with Gasteiger partial charge < -0.3 is 19.3 Å². The molecular weight excluding hydrogens is 258 g/mol. The molecule has 1 saturated carbocycles. The van der Waals surface area contributed by atoms with E-state index in [0.717, 1.165) is 37.3 Å². The minimum Gasteiger partial charge on any atom is -0.396 e. The first-order chi connectivity index (χ1) is 9.81. The summed E-state index contributed by atoms with van der Waals surface area (Å²) in [5, 5.41) is 12.9. The van der Waals surface area contributed by atoms with Gasteiger partial charge in [0.15, 0.2) is 5.82 Å². The molecule has 6 heteroatoms. The lowest BCUT2D eigenvalue weighted by molar-refractivity contribution is 0.174. The summed E-state index contributed by atoms with van der Waals surface area (Å²) in [6.45, 7) is 2.71. The first kappa shape index (κ1) is 13.8. The Morgan fingerprint density at radius 2 is 2.20 bits per heavy atom. The lowest BCUT2D eigenvalue weighted by Gasteiger charge is -2.30. The predicted octanol–water partition coefficient (Wildman–Crippen LogP) is 1.45. The summed E-state index contributed by atoms with van der Waals surface area (Å²) in [4.78, 5) is 6.52. The number of aliphatic hydroxyl groups excluding tert-OH is 1. The summed E-state index contributed by atoms with van der Waals surface area (Å²) in [7, 11) is 1.62. The Morgan fingerprint density at radius 3 is 2.90 bits per heavy atom. The number of nitrogens with zero attached hydrogens (tertiary/aromatic N) is 3.